The van der Waals surface area contributed by atoms with E-state index in [1.165, 1.54) is 16.8 Å². The number of nitrogens with one attached hydrogen (secondary N) is 1. The zero-order valence-corrected chi connectivity index (χ0v) is 13.1. The van der Waals surface area contributed by atoms with E-state index in [0.29, 0.717) is 19.0 Å². The van der Waals surface area contributed by atoms with Gasteiger partial charge in [-0.05, 0) is 38.9 Å². The quantitative estimate of drug-likeness (QED) is 0.794. The standard InChI is InChI=1S/C13H21N3O4S/c1-3-16-9-11(6-12(16)13(17)18)21(19,20)14-7-10-4-5-15(2)8-10/h6,9-10,14H,3-5,7-8H2,1-2H3,(H,17,18). The van der Waals surface area contributed by atoms with Crippen LogP contribution in [0, 0.1) is 5.92 Å². The molecule has 21 heavy (non-hydrogen) atoms. The number of aromatic carboxylic acids is 1. The Hall–Kier alpha value is -1.38. The predicted octanol–water partition coefficient (Wildman–Crippen LogP) is 0.436. The summed E-state index contributed by atoms with van der Waals surface area (Å²) in [4.78, 5) is 13.3. The summed E-state index contributed by atoms with van der Waals surface area (Å²) >= 11 is 0. The van der Waals surface area contributed by atoms with Crippen LogP contribution in [0.3, 0.4) is 0 Å². The smallest absolute Gasteiger partial charge is 0.352 e. The second kappa shape index (κ2) is 6.17. The minimum atomic E-state index is -3.66. The first-order chi connectivity index (χ1) is 9.83. The fraction of sp³-hybridized carbons (Fsp3) is 0.615. The maximum Gasteiger partial charge on any atom is 0.352 e. The van der Waals surface area contributed by atoms with Crippen LogP contribution >= 0.6 is 0 Å². The van der Waals surface area contributed by atoms with Crippen molar-refractivity contribution >= 4 is 16.0 Å². The first kappa shape index (κ1) is 16.0. The molecule has 8 heteroatoms. The van der Waals surface area contributed by atoms with Crippen molar-refractivity contribution in [2.24, 2.45) is 5.92 Å². The molecule has 1 atom stereocenters. The molecule has 1 saturated heterocycles. The van der Waals surface area contributed by atoms with Crippen LogP contribution in [-0.2, 0) is 16.6 Å². The van der Waals surface area contributed by atoms with Gasteiger partial charge in [0.15, 0.2) is 0 Å². The van der Waals surface area contributed by atoms with E-state index in [9.17, 15) is 13.2 Å². The molecule has 1 fully saturated rings. The van der Waals surface area contributed by atoms with Crippen LogP contribution in [0.1, 0.15) is 23.8 Å². The number of likely N-dealkylation sites (tertiary alicyclic amines) is 1. The van der Waals surface area contributed by atoms with Gasteiger partial charge in [0.25, 0.3) is 0 Å². The lowest BCUT2D eigenvalue weighted by Crippen LogP contribution is -2.30. The van der Waals surface area contributed by atoms with Gasteiger partial charge in [0.1, 0.15) is 10.6 Å². The van der Waals surface area contributed by atoms with Crippen molar-refractivity contribution in [3.05, 3.63) is 18.0 Å². The lowest BCUT2D eigenvalue weighted by Gasteiger charge is -2.11. The van der Waals surface area contributed by atoms with Crippen molar-refractivity contribution < 1.29 is 18.3 Å². The van der Waals surface area contributed by atoms with Gasteiger partial charge in [-0.2, -0.15) is 0 Å². The van der Waals surface area contributed by atoms with E-state index in [4.69, 9.17) is 5.11 Å². The zero-order valence-electron chi connectivity index (χ0n) is 12.2. The minimum Gasteiger partial charge on any atom is -0.477 e. The molecule has 1 aromatic rings. The van der Waals surface area contributed by atoms with Crippen molar-refractivity contribution in [2.75, 3.05) is 26.7 Å². The highest BCUT2D eigenvalue weighted by Gasteiger charge is 2.24. The molecule has 1 aliphatic rings. The van der Waals surface area contributed by atoms with Crippen molar-refractivity contribution in [2.45, 2.75) is 24.8 Å². The fourth-order valence-electron chi connectivity index (χ4n) is 2.58. The van der Waals surface area contributed by atoms with Crippen LogP contribution in [0.4, 0.5) is 0 Å². The number of nitrogens with zero attached hydrogens (tertiary/aromatic N) is 2. The Morgan fingerprint density at radius 3 is 2.71 bits per heavy atom. The van der Waals surface area contributed by atoms with Gasteiger partial charge in [-0.25, -0.2) is 17.9 Å². The van der Waals surface area contributed by atoms with Crippen LogP contribution < -0.4 is 4.72 Å². The van der Waals surface area contributed by atoms with Crippen molar-refractivity contribution in [3.63, 3.8) is 0 Å². The molecule has 2 N–H and O–H groups in total. The molecule has 0 spiro atoms. The van der Waals surface area contributed by atoms with E-state index in [-0.39, 0.29) is 10.6 Å². The Labute approximate surface area is 124 Å². The van der Waals surface area contributed by atoms with E-state index in [1.54, 1.807) is 6.92 Å². The maximum atomic E-state index is 12.2. The highest BCUT2D eigenvalue weighted by molar-refractivity contribution is 7.89. The summed E-state index contributed by atoms with van der Waals surface area (Å²) in [5, 5.41) is 9.07. The van der Waals surface area contributed by atoms with Crippen LogP contribution in [-0.4, -0.2) is 55.6 Å². The first-order valence-electron chi connectivity index (χ1n) is 6.95. The third-order valence-electron chi connectivity index (χ3n) is 3.79. The van der Waals surface area contributed by atoms with E-state index in [2.05, 4.69) is 9.62 Å². The Morgan fingerprint density at radius 1 is 1.52 bits per heavy atom. The number of carboxylic acid groups (broad SMARTS) is 1. The molecule has 0 aliphatic carbocycles. The average molecular weight is 315 g/mol. The Bertz CT molecular complexity index is 623. The SMILES string of the molecule is CCn1cc(S(=O)(=O)NCC2CCN(C)C2)cc1C(=O)O. The van der Waals surface area contributed by atoms with Gasteiger partial charge < -0.3 is 14.6 Å². The maximum absolute atomic E-state index is 12.2. The van der Waals surface area contributed by atoms with E-state index in [0.717, 1.165) is 19.5 Å². The molecular weight excluding hydrogens is 294 g/mol. The molecule has 0 bridgehead atoms. The van der Waals surface area contributed by atoms with Gasteiger partial charge in [0.2, 0.25) is 10.0 Å². The lowest BCUT2D eigenvalue weighted by atomic mass is 10.1. The van der Waals surface area contributed by atoms with Gasteiger partial charge in [0, 0.05) is 25.8 Å². The number of rotatable bonds is 6. The van der Waals surface area contributed by atoms with E-state index in [1.807, 2.05) is 7.05 Å². The number of carbonyl (C=O) groups is 1. The number of hydrogen-bond donors (Lipinski definition) is 2. The van der Waals surface area contributed by atoms with Crippen molar-refractivity contribution in [3.8, 4) is 0 Å². The minimum absolute atomic E-state index is 0.00750. The highest BCUT2D eigenvalue weighted by atomic mass is 32.2. The van der Waals surface area contributed by atoms with Crippen LogP contribution in [0.5, 0.6) is 0 Å². The number of aryl methyl sites for hydroxylation is 1. The third-order valence-corrected chi connectivity index (χ3v) is 5.18. The molecule has 1 aromatic heterocycles. The molecule has 2 heterocycles. The molecular formula is C13H21N3O4S. The normalized spacial score (nSPS) is 20.0. The van der Waals surface area contributed by atoms with Crippen LogP contribution in [0.15, 0.2) is 17.2 Å². The number of carboxylic acids is 1. The first-order valence-corrected chi connectivity index (χ1v) is 8.43. The lowest BCUT2D eigenvalue weighted by molar-refractivity contribution is 0.0685. The molecule has 0 amide bonds. The number of sulfonamides is 1. The highest BCUT2D eigenvalue weighted by Crippen LogP contribution is 2.17. The monoisotopic (exact) mass is 315 g/mol. The van der Waals surface area contributed by atoms with Gasteiger partial charge in [0.05, 0.1) is 0 Å². The van der Waals surface area contributed by atoms with E-state index >= 15 is 0 Å². The van der Waals surface area contributed by atoms with Gasteiger partial charge in [-0.3, -0.25) is 0 Å². The third kappa shape index (κ3) is 3.63. The Balaban J connectivity index is 2.10. The van der Waals surface area contributed by atoms with Crippen molar-refractivity contribution in [1.82, 2.24) is 14.2 Å². The molecule has 0 radical (unpaired) electrons. The number of aromatic nitrogens is 1. The summed E-state index contributed by atoms with van der Waals surface area (Å²) in [6, 6.07) is 1.20. The van der Waals surface area contributed by atoms with Crippen LogP contribution in [0.2, 0.25) is 0 Å². The summed E-state index contributed by atoms with van der Waals surface area (Å²) in [6.45, 7) is 4.40. The second-order valence-electron chi connectivity index (χ2n) is 5.42. The molecule has 0 aromatic carbocycles. The molecule has 0 saturated carbocycles. The predicted molar refractivity (Wildman–Crippen MR) is 77.9 cm³/mol. The molecule has 2 rings (SSSR count). The summed E-state index contributed by atoms with van der Waals surface area (Å²) < 4.78 is 28.5. The summed E-state index contributed by atoms with van der Waals surface area (Å²) in [5.41, 5.74) is -0.0153. The molecule has 1 unspecified atom stereocenters. The average Bonchev–Trinajstić information content (AvgIpc) is 3.02. The molecule has 1 aliphatic heterocycles. The fourth-order valence-corrected chi connectivity index (χ4v) is 3.73. The van der Waals surface area contributed by atoms with Crippen LogP contribution in [0.25, 0.3) is 0 Å². The largest absolute Gasteiger partial charge is 0.477 e. The Kier molecular flexibility index (Phi) is 4.70. The van der Waals surface area contributed by atoms with Gasteiger partial charge in [-0.15, -0.1) is 0 Å². The summed E-state index contributed by atoms with van der Waals surface area (Å²) in [5.74, 6) is -0.826. The van der Waals surface area contributed by atoms with Gasteiger partial charge >= 0.3 is 5.97 Å². The summed E-state index contributed by atoms with van der Waals surface area (Å²) in [6.07, 6.45) is 2.34. The van der Waals surface area contributed by atoms with Gasteiger partial charge in [-0.1, -0.05) is 0 Å². The second-order valence-corrected chi connectivity index (χ2v) is 7.19. The van der Waals surface area contributed by atoms with Crippen molar-refractivity contribution in [1.29, 1.82) is 0 Å². The molecule has 118 valence electrons. The van der Waals surface area contributed by atoms with E-state index < -0.39 is 16.0 Å². The molecule has 7 nitrogen and oxygen atoms in total. The Morgan fingerprint density at radius 2 is 2.24 bits per heavy atom. The zero-order chi connectivity index (χ0) is 15.6. The summed E-state index contributed by atoms with van der Waals surface area (Å²) in [7, 11) is -1.65. The number of hydrogen-bond acceptors (Lipinski definition) is 4. The topological polar surface area (TPSA) is 91.6 Å².